The van der Waals surface area contributed by atoms with E-state index in [9.17, 15) is 15.0 Å². The molecule has 4 N–H and O–H groups in total. The van der Waals surface area contributed by atoms with Crippen LogP contribution in [0.1, 0.15) is 43.9 Å². The average Bonchev–Trinajstić information content (AvgIpc) is 2.80. The maximum atomic E-state index is 11.9. The van der Waals surface area contributed by atoms with Gasteiger partial charge in [-0.3, -0.25) is 0 Å². The second kappa shape index (κ2) is 6.80. The van der Waals surface area contributed by atoms with Crippen molar-refractivity contribution in [3.05, 3.63) is 29.3 Å². The van der Waals surface area contributed by atoms with Crippen molar-refractivity contribution in [1.29, 1.82) is 0 Å². The van der Waals surface area contributed by atoms with Crippen LogP contribution in [0.5, 0.6) is 5.75 Å². The monoisotopic (exact) mass is 292 g/mol. The number of carbonyl (C=O) groups excluding carboxylic acids is 1. The molecule has 0 saturated carbocycles. The van der Waals surface area contributed by atoms with Crippen LogP contribution in [0.2, 0.25) is 0 Å². The number of phenolic OH excluding ortho intramolecular Hbond substituents is 1. The van der Waals surface area contributed by atoms with Gasteiger partial charge in [-0.1, -0.05) is 26.0 Å². The van der Waals surface area contributed by atoms with Gasteiger partial charge in [0.1, 0.15) is 5.75 Å². The molecule has 0 heterocycles. The lowest BCUT2D eigenvalue weighted by atomic mass is 10.1. The first-order chi connectivity index (χ1) is 9.97. The van der Waals surface area contributed by atoms with Gasteiger partial charge in [-0.2, -0.15) is 0 Å². The molecule has 0 aliphatic heterocycles. The van der Waals surface area contributed by atoms with Gasteiger partial charge in [-0.25, -0.2) is 4.79 Å². The van der Waals surface area contributed by atoms with Crippen molar-refractivity contribution < 1.29 is 15.0 Å². The third-order valence-corrected chi connectivity index (χ3v) is 3.79. The average molecular weight is 292 g/mol. The van der Waals surface area contributed by atoms with Crippen LogP contribution in [0.25, 0.3) is 0 Å². The summed E-state index contributed by atoms with van der Waals surface area (Å²) in [5.74, 6) is 0.694. The standard InChI is InChI=1S/C16H24N2O3/c1-10(2)8-11(19)9-17-16(21)18-14-7-6-13-12(14)4-3-5-15(13)20/h3-5,10-11,14,19-20H,6-9H2,1-2H3,(H2,17,18,21). The molecular weight excluding hydrogens is 268 g/mol. The second-order valence-electron chi connectivity index (χ2n) is 6.07. The quantitative estimate of drug-likeness (QED) is 0.670. The van der Waals surface area contributed by atoms with E-state index in [0.717, 1.165) is 24.0 Å². The van der Waals surface area contributed by atoms with Crippen LogP contribution < -0.4 is 10.6 Å². The van der Waals surface area contributed by atoms with E-state index in [-0.39, 0.29) is 18.6 Å². The fourth-order valence-corrected chi connectivity index (χ4v) is 2.83. The van der Waals surface area contributed by atoms with Gasteiger partial charge >= 0.3 is 6.03 Å². The molecule has 0 radical (unpaired) electrons. The van der Waals surface area contributed by atoms with Gasteiger partial charge in [0.25, 0.3) is 0 Å². The molecule has 2 unspecified atom stereocenters. The Bertz CT molecular complexity index is 502. The third-order valence-electron chi connectivity index (χ3n) is 3.79. The largest absolute Gasteiger partial charge is 0.508 e. The Hall–Kier alpha value is -1.75. The highest BCUT2D eigenvalue weighted by Gasteiger charge is 2.25. The fraction of sp³-hybridized carbons (Fsp3) is 0.562. The van der Waals surface area contributed by atoms with E-state index in [1.165, 1.54) is 0 Å². The number of aromatic hydroxyl groups is 1. The number of nitrogens with one attached hydrogen (secondary N) is 2. The van der Waals surface area contributed by atoms with Crippen LogP contribution >= 0.6 is 0 Å². The third kappa shape index (κ3) is 4.11. The number of fused-ring (bicyclic) bond motifs is 1. The highest BCUT2D eigenvalue weighted by atomic mass is 16.3. The van der Waals surface area contributed by atoms with Gasteiger partial charge in [0.05, 0.1) is 12.1 Å². The molecule has 2 rings (SSSR count). The molecule has 0 fully saturated rings. The molecule has 0 bridgehead atoms. The summed E-state index contributed by atoms with van der Waals surface area (Å²) in [4.78, 5) is 11.9. The smallest absolute Gasteiger partial charge is 0.315 e. The molecule has 116 valence electrons. The van der Waals surface area contributed by atoms with Gasteiger partial charge in [-0.05, 0) is 42.4 Å². The van der Waals surface area contributed by atoms with Crippen LogP contribution in [-0.4, -0.2) is 28.9 Å². The summed E-state index contributed by atoms with van der Waals surface area (Å²) < 4.78 is 0. The van der Waals surface area contributed by atoms with E-state index in [1.54, 1.807) is 12.1 Å². The number of aliphatic hydroxyl groups excluding tert-OH is 1. The molecule has 1 aliphatic carbocycles. The Kier molecular flexibility index (Phi) is 5.07. The fourth-order valence-electron chi connectivity index (χ4n) is 2.83. The lowest BCUT2D eigenvalue weighted by Crippen LogP contribution is -2.41. The summed E-state index contributed by atoms with van der Waals surface area (Å²) in [6, 6.07) is 5.04. The Balaban J connectivity index is 1.84. The molecular formula is C16H24N2O3. The Morgan fingerprint density at radius 3 is 2.90 bits per heavy atom. The minimum Gasteiger partial charge on any atom is -0.508 e. The lowest BCUT2D eigenvalue weighted by molar-refractivity contribution is 0.146. The van der Waals surface area contributed by atoms with Crippen LogP contribution in [0.3, 0.4) is 0 Å². The highest BCUT2D eigenvalue weighted by Crippen LogP contribution is 2.36. The zero-order valence-electron chi connectivity index (χ0n) is 12.6. The van der Waals surface area contributed by atoms with E-state index in [1.807, 2.05) is 19.9 Å². The minimum absolute atomic E-state index is 0.0747. The van der Waals surface area contributed by atoms with Gasteiger partial charge in [0, 0.05) is 6.54 Å². The Morgan fingerprint density at radius 2 is 2.19 bits per heavy atom. The van der Waals surface area contributed by atoms with Crippen molar-refractivity contribution in [2.75, 3.05) is 6.54 Å². The molecule has 2 amide bonds. The number of aliphatic hydroxyl groups is 1. The van der Waals surface area contributed by atoms with Crippen molar-refractivity contribution in [2.24, 2.45) is 5.92 Å². The van der Waals surface area contributed by atoms with Crippen molar-refractivity contribution in [2.45, 2.75) is 45.3 Å². The van der Waals surface area contributed by atoms with E-state index in [2.05, 4.69) is 10.6 Å². The summed E-state index contributed by atoms with van der Waals surface area (Å²) in [7, 11) is 0. The van der Waals surface area contributed by atoms with Crippen LogP contribution in [0.15, 0.2) is 18.2 Å². The maximum absolute atomic E-state index is 11.9. The molecule has 1 aromatic rings. The zero-order chi connectivity index (χ0) is 15.4. The molecule has 1 aliphatic rings. The molecule has 0 spiro atoms. The number of benzene rings is 1. The summed E-state index contributed by atoms with van der Waals surface area (Å²) >= 11 is 0. The van der Waals surface area contributed by atoms with Crippen molar-refractivity contribution in [1.82, 2.24) is 10.6 Å². The molecule has 0 aromatic heterocycles. The number of carbonyl (C=O) groups is 1. The number of urea groups is 1. The first-order valence-corrected chi connectivity index (χ1v) is 7.50. The SMILES string of the molecule is CC(C)CC(O)CNC(=O)NC1CCc2c(O)cccc21. The van der Waals surface area contributed by atoms with Crippen LogP contribution in [0, 0.1) is 5.92 Å². The minimum atomic E-state index is -0.518. The summed E-state index contributed by atoms with van der Waals surface area (Å²) in [6.45, 7) is 4.32. The topological polar surface area (TPSA) is 81.6 Å². The lowest BCUT2D eigenvalue weighted by Gasteiger charge is -2.17. The van der Waals surface area contributed by atoms with Crippen LogP contribution in [-0.2, 0) is 6.42 Å². The van der Waals surface area contributed by atoms with Gasteiger partial charge in [-0.15, -0.1) is 0 Å². The van der Waals surface area contributed by atoms with E-state index < -0.39 is 6.10 Å². The van der Waals surface area contributed by atoms with E-state index in [0.29, 0.717) is 18.1 Å². The molecule has 5 nitrogen and oxygen atoms in total. The second-order valence-corrected chi connectivity index (χ2v) is 6.07. The van der Waals surface area contributed by atoms with Gasteiger partial charge < -0.3 is 20.8 Å². The number of rotatable bonds is 5. The molecule has 5 heteroatoms. The molecule has 1 aromatic carbocycles. The Morgan fingerprint density at radius 1 is 1.43 bits per heavy atom. The predicted molar refractivity (Wildman–Crippen MR) is 81.2 cm³/mol. The van der Waals surface area contributed by atoms with Crippen molar-refractivity contribution in [3.8, 4) is 5.75 Å². The van der Waals surface area contributed by atoms with Gasteiger partial charge in [0.2, 0.25) is 0 Å². The maximum Gasteiger partial charge on any atom is 0.315 e. The number of hydrogen-bond donors (Lipinski definition) is 4. The highest BCUT2D eigenvalue weighted by molar-refractivity contribution is 5.74. The molecule has 0 saturated heterocycles. The zero-order valence-corrected chi connectivity index (χ0v) is 12.6. The molecule has 21 heavy (non-hydrogen) atoms. The number of phenols is 1. The number of hydrogen-bond acceptors (Lipinski definition) is 3. The summed E-state index contributed by atoms with van der Waals surface area (Å²) in [5, 5.41) is 25.1. The van der Waals surface area contributed by atoms with E-state index >= 15 is 0 Å². The summed E-state index contributed by atoms with van der Waals surface area (Å²) in [5.41, 5.74) is 1.90. The predicted octanol–water partition coefficient (Wildman–Crippen LogP) is 2.09. The summed E-state index contributed by atoms with van der Waals surface area (Å²) in [6.07, 6.45) is 1.70. The van der Waals surface area contributed by atoms with Crippen molar-refractivity contribution in [3.63, 3.8) is 0 Å². The van der Waals surface area contributed by atoms with Gasteiger partial charge in [0.15, 0.2) is 0 Å². The molecule has 2 atom stereocenters. The Labute approximate surface area is 125 Å². The first kappa shape index (κ1) is 15.6. The van der Waals surface area contributed by atoms with Crippen molar-refractivity contribution >= 4 is 6.03 Å². The first-order valence-electron chi connectivity index (χ1n) is 7.50. The normalized spacial score (nSPS) is 18.4. The van der Waals surface area contributed by atoms with Crippen LogP contribution in [0.4, 0.5) is 4.79 Å². The van der Waals surface area contributed by atoms with E-state index in [4.69, 9.17) is 0 Å². The number of amides is 2.